The quantitative estimate of drug-likeness (QED) is 0.772. The molecule has 1 aromatic carbocycles. The molecule has 1 saturated heterocycles. The van der Waals surface area contributed by atoms with Crippen LogP contribution in [0.1, 0.15) is 12.0 Å². The van der Waals surface area contributed by atoms with Gasteiger partial charge in [0.15, 0.2) is 0 Å². The lowest BCUT2D eigenvalue weighted by Crippen LogP contribution is -2.44. The SMILES string of the molecule is Cl.O=C(Cc1cc(F)ccc1F)NCCCN1CCNCC1. The van der Waals surface area contributed by atoms with Crippen LogP contribution in [0.5, 0.6) is 0 Å². The standard InChI is InChI=1S/C15H21F2N3O.ClH/c16-13-2-3-14(17)12(10-13)11-15(21)19-4-1-7-20-8-5-18-6-9-20;/h2-3,10,18H,1,4-9,11H2,(H,19,21);1H. The third kappa shape index (κ3) is 6.25. The van der Waals surface area contributed by atoms with Gasteiger partial charge in [0, 0.05) is 38.3 Å². The molecule has 1 aliphatic heterocycles. The van der Waals surface area contributed by atoms with Crippen LogP contribution in [0.3, 0.4) is 0 Å². The molecule has 0 aromatic heterocycles. The van der Waals surface area contributed by atoms with E-state index in [9.17, 15) is 13.6 Å². The van der Waals surface area contributed by atoms with Gasteiger partial charge in [0.25, 0.3) is 0 Å². The smallest absolute Gasteiger partial charge is 0.224 e. The summed E-state index contributed by atoms with van der Waals surface area (Å²) in [5.74, 6) is -1.36. The summed E-state index contributed by atoms with van der Waals surface area (Å²) >= 11 is 0. The molecule has 1 aromatic rings. The first kappa shape index (κ1) is 18.8. The Bertz CT molecular complexity index is 482. The van der Waals surface area contributed by atoms with Gasteiger partial charge in [0.1, 0.15) is 11.6 Å². The van der Waals surface area contributed by atoms with Crippen molar-refractivity contribution < 1.29 is 13.6 Å². The lowest BCUT2D eigenvalue weighted by molar-refractivity contribution is -0.120. The minimum atomic E-state index is -0.549. The van der Waals surface area contributed by atoms with E-state index < -0.39 is 11.6 Å². The van der Waals surface area contributed by atoms with Crippen LogP contribution < -0.4 is 10.6 Å². The van der Waals surface area contributed by atoms with Crippen molar-refractivity contribution in [2.45, 2.75) is 12.8 Å². The largest absolute Gasteiger partial charge is 0.356 e. The first-order chi connectivity index (χ1) is 10.1. The van der Waals surface area contributed by atoms with Crippen molar-refractivity contribution in [2.75, 3.05) is 39.3 Å². The summed E-state index contributed by atoms with van der Waals surface area (Å²) in [6.07, 6.45) is 0.731. The summed E-state index contributed by atoms with van der Waals surface area (Å²) in [6, 6.07) is 3.15. The summed E-state index contributed by atoms with van der Waals surface area (Å²) in [4.78, 5) is 14.0. The number of halogens is 3. The monoisotopic (exact) mass is 333 g/mol. The highest BCUT2D eigenvalue weighted by atomic mass is 35.5. The van der Waals surface area contributed by atoms with Gasteiger partial charge < -0.3 is 15.5 Å². The van der Waals surface area contributed by atoms with Crippen molar-refractivity contribution in [3.8, 4) is 0 Å². The molecular weight excluding hydrogens is 312 g/mol. The summed E-state index contributed by atoms with van der Waals surface area (Å²) in [5, 5.41) is 6.03. The average molecular weight is 334 g/mol. The van der Waals surface area contributed by atoms with Gasteiger partial charge in [-0.3, -0.25) is 4.79 Å². The molecule has 1 heterocycles. The van der Waals surface area contributed by atoms with Gasteiger partial charge in [-0.2, -0.15) is 0 Å². The Balaban J connectivity index is 0.00000242. The average Bonchev–Trinajstić information content (AvgIpc) is 2.48. The van der Waals surface area contributed by atoms with Crippen molar-refractivity contribution in [3.05, 3.63) is 35.4 Å². The van der Waals surface area contributed by atoms with Crippen LogP contribution >= 0.6 is 12.4 Å². The normalized spacial score (nSPS) is 15.2. The molecule has 1 fully saturated rings. The summed E-state index contributed by atoms with van der Waals surface area (Å²) in [6.45, 7) is 5.57. The molecule has 0 bridgehead atoms. The minimum absolute atomic E-state index is 0. The van der Waals surface area contributed by atoms with Crippen LogP contribution in [-0.4, -0.2) is 50.1 Å². The van der Waals surface area contributed by atoms with Gasteiger partial charge in [-0.05, 0) is 31.2 Å². The van der Waals surface area contributed by atoms with Crippen molar-refractivity contribution in [1.29, 1.82) is 0 Å². The molecule has 124 valence electrons. The van der Waals surface area contributed by atoms with Crippen LogP contribution in [-0.2, 0) is 11.2 Å². The van der Waals surface area contributed by atoms with E-state index >= 15 is 0 Å². The first-order valence-electron chi connectivity index (χ1n) is 7.29. The zero-order valence-corrected chi connectivity index (χ0v) is 13.2. The number of carbonyl (C=O) groups excluding carboxylic acids is 1. The molecule has 0 aliphatic carbocycles. The molecule has 0 radical (unpaired) electrons. The van der Waals surface area contributed by atoms with E-state index in [1.807, 2.05) is 0 Å². The van der Waals surface area contributed by atoms with E-state index in [-0.39, 0.29) is 30.3 Å². The highest BCUT2D eigenvalue weighted by Gasteiger charge is 2.10. The Kier molecular flexibility index (Phi) is 8.30. The van der Waals surface area contributed by atoms with Crippen LogP contribution in [0.2, 0.25) is 0 Å². The van der Waals surface area contributed by atoms with Crippen molar-refractivity contribution in [3.63, 3.8) is 0 Å². The highest BCUT2D eigenvalue weighted by Crippen LogP contribution is 2.10. The molecule has 1 amide bonds. The Morgan fingerprint density at radius 1 is 1.27 bits per heavy atom. The van der Waals surface area contributed by atoms with E-state index in [0.29, 0.717) is 6.54 Å². The molecule has 2 N–H and O–H groups in total. The van der Waals surface area contributed by atoms with E-state index in [0.717, 1.165) is 57.3 Å². The molecule has 4 nitrogen and oxygen atoms in total. The number of rotatable bonds is 6. The molecule has 2 rings (SSSR count). The molecule has 0 atom stereocenters. The summed E-state index contributed by atoms with van der Waals surface area (Å²) < 4.78 is 26.4. The fourth-order valence-corrected chi connectivity index (χ4v) is 2.38. The number of hydrogen-bond acceptors (Lipinski definition) is 3. The van der Waals surface area contributed by atoms with E-state index in [1.165, 1.54) is 0 Å². The summed E-state index contributed by atoms with van der Waals surface area (Å²) in [5.41, 5.74) is 0.0922. The van der Waals surface area contributed by atoms with Gasteiger partial charge in [-0.25, -0.2) is 8.78 Å². The molecule has 0 saturated carbocycles. The van der Waals surface area contributed by atoms with Crippen LogP contribution in [0, 0.1) is 11.6 Å². The number of amides is 1. The molecule has 22 heavy (non-hydrogen) atoms. The second-order valence-corrected chi connectivity index (χ2v) is 5.21. The maximum Gasteiger partial charge on any atom is 0.224 e. The van der Waals surface area contributed by atoms with Crippen molar-refractivity contribution in [1.82, 2.24) is 15.5 Å². The van der Waals surface area contributed by atoms with E-state index in [2.05, 4.69) is 15.5 Å². The van der Waals surface area contributed by atoms with Gasteiger partial charge in [0.2, 0.25) is 5.91 Å². The highest BCUT2D eigenvalue weighted by molar-refractivity contribution is 5.85. The van der Waals surface area contributed by atoms with E-state index in [4.69, 9.17) is 0 Å². The fourth-order valence-electron chi connectivity index (χ4n) is 2.38. The lowest BCUT2D eigenvalue weighted by Gasteiger charge is -2.27. The number of benzene rings is 1. The second-order valence-electron chi connectivity index (χ2n) is 5.21. The predicted molar refractivity (Wildman–Crippen MR) is 84.2 cm³/mol. The van der Waals surface area contributed by atoms with E-state index in [1.54, 1.807) is 0 Å². The number of hydrogen-bond donors (Lipinski definition) is 2. The number of nitrogens with one attached hydrogen (secondary N) is 2. The number of nitrogens with zero attached hydrogens (tertiary/aromatic N) is 1. The van der Waals surface area contributed by atoms with Gasteiger partial charge in [-0.15, -0.1) is 12.4 Å². The minimum Gasteiger partial charge on any atom is -0.356 e. The van der Waals surface area contributed by atoms with Gasteiger partial charge >= 0.3 is 0 Å². The second kappa shape index (κ2) is 9.71. The van der Waals surface area contributed by atoms with Gasteiger partial charge in [0.05, 0.1) is 6.42 Å². The maximum atomic E-state index is 13.4. The van der Waals surface area contributed by atoms with Gasteiger partial charge in [-0.1, -0.05) is 0 Å². The maximum absolute atomic E-state index is 13.4. The topological polar surface area (TPSA) is 44.4 Å². The zero-order valence-electron chi connectivity index (χ0n) is 12.4. The van der Waals surface area contributed by atoms with Crippen molar-refractivity contribution >= 4 is 18.3 Å². The van der Waals surface area contributed by atoms with Crippen molar-refractivity contribution in [2.24, 2.45) is 0 Å². The molecular formula is C15H22ClF2N3O. The molecule has 1 aliphatic rings. The Morgan fingerprint density at radius 3 is 2.73 bits per heavy atom. The fraction of sp³-hybridized carbons (Fsp3) is 0.533. The molecule has 7 heteroatoms. The Labute approximate surface area is 135 Å². The van der Waals surface area contributed by atoms with Crippen LogP contribution in [0.25, 0.3) is 0 Å². The third-order valence-corrected chi connectivity index (χ3v) is 3.54. The summed E-state index contributed by atoms with van der Waals surface area (Å²) in [7, 11) is 0. The third-order valence-electron chi connectivity index (χ3n) is 3.54. The Hall–Kier alpha value is -1.24. The predicted octanol–water partition coefficient (Wildman–Crippen LogP) is 1.34. The molecule has 0 spiro atoms. The zero-order chi connectivity index (χ0) is 15.1. The van der Waals surface area contributed by atoms with Crippen LogP contribution in [0.4, 0.5) is 8.78 Å². The number of piperazine rings is 1. The lowest BCUT2D eigenvalue weighted by atomic mass is 10.1. The molecule has 0 unspecified atom stereocenters. The number of carbonyl (C=O) groups is 1. The first-order valence-corrected chi connectivity index (χ1v) is 7.29. The Morgan fingerprint density at radius 2 is 2.00 bits per heavy atom. The van der Waals surface area contributed by atoms with Crippen LogP contribution in [0.15, 0.2) is 18.2 Å².